The van der Waals surface area contributed by atoms with E-state index in [1.165, 1.54) is 0 Å². The Kier molecular flexibility index (Phi) is 3.58. The van der Waals surface area contributed by atoms with Crippen LogP contribution in [0.3, 0.4) is 0 Å². The minimum atomic E-state index is 0.265. The smallest absolute Gasteiger partial charge is 0.223 e. The molecule has 5 nitrogen and oxygen atoms in total. The molecule has 8 heteroatoms. The van der Waals surface area contributed by atoms with Crippen molar-refractivity contribution in [2.24, 2.45) is 0 Å². The lowest BCUT2D eigenvalue weighted by atomic mass is 10.3. The molecule has 0 saturated heterocycles. The van der Waals surface area contributed by atoms with Crippen molar-refractivity contribution >= 4 is 45.8 Å². The summed E-state index contributed by atoms with van der Waals surface area (Å²) in [4.78, 5) is 8.62. The third-order valence-electron chi connectivity index (χ3n) is 2.86. The molecule has 2 aromatic heterocycles. The third-order valence-corrected chi connectivity index (χ3v) is 3.82. The van der Waals surface area contributed by atoms with Gasteiger partial charge in [0, 0.05) is 6.92 Å². The molecule has 1 aromatic carbocycles. The normalized spacial score (nSPS) is 11.4. The molecule has 2 heterocycles. The zero-order valence-electron chi connectivity index (χ0n) is 10.4. The number of alkyl halides is 1. The number of aromatic nitrogens is 4. The summed E-state index contributed by atoms with van der Waals surface area (Å²) in [5.41, 5.74) is 1.56. The fourth-order valence-electron chi connectivity index (χ4n) is 2.00. The van der Waals surface area contributed by atoms with Gasteiger partial charge in [0.15, 0.2) is 5.82 Å². The van der Waals surface area contributed by atoms with Crippen LogP contribution in [0.25, 0.3) is 11.0 Å². The molecule has 0 aliphatic carbocycles. The summed E-state index contributed by atoms with van der Waals surface area (Å²) >= 11 is 18.0. The first-order valence-electron chi connectivity index (χ1n) is 5.78. The Morgan fingerprint density at radius 2 is 1.95 bits per heavy atom. The molecule has 0 unspecified atom stereocenters. The topological polar surface area (TPSA) is 56.7 Å². The van der Waals surface area contributed by atoms with Crippen molar-refractivity contribution < 1.29 is 4.52 Å². The standard InChI is InChI=1S/C12H9Cl3N4O/c1-6-16-11(18-20-6)5-19-10-3-8(15)7(14)2-9(10)17-12(19)4-13/h2-3H,4-5H2,1H3. The fraction of sp³-hybridized carbons (Fsp3) is 0.250. The highest BCUT2D eigenvalue weighted by Gasteiger charge is 2.14. The van der Waals surface area contributed by atoms with E-state index >= 15 is 0 Å². The van der Waals surface area contributed by atoms with E-state index in [1.54, 1.807) is 19.1 Å². The van der Waals surface area contributed by atoms with Gasteiger partial charge in [-0.05, 0) is 12.1 Å². The molecule has 0 saturated carbocycles. The Hall–Kier alpha value is -1.30. The summed E-state index contributed by atoms with van der Waals surface area (Å²) in [6.07, 6.45) is 0. The van der Waals surface area contributed by atoms with Crippen LogP contribution in [0.15, 0.2) is 16.7 Å². The predicted molar refractivity (Wildman–Crippen MR) is 77.4 cm³/mol. The Bertz CT molecular complexity index is 780. The van der Waals surface area contributed by atoms with Crippen molar-refractivity contribution in [3.05, 3.63) is 39.7 Å². The van der Waals surface area contributed by atoms with Gasteiger partial charge in [0.1, 0.15) is 5.82 Å². The van der Waals surface area contributed by atoms with Crippen LogP contribution in [0.5, 0.6) is 0 Å². The van der Waals surface area contributed by atoms with E-state index in [1.807, 2.05) is 4.57 Å². The van der Waals surface area contributed by atoms with Gasteiger partial charge in [-0.3, -0.25) is 0 Å². The summed E-state index contributed by atoms with van der Waals surface area (Å²) < 4.78 is 6.86. The Morgan fingerprint density at radius 1 is 1.20 bits per heavy atom. The minimum absolute atomic E-state index is 0.265. The second kappa shape index (κ2) is 5.24. The zero-order chi connectivity index (χ0) is 14.3. The van der Waals surface area contributed by atoms with Gasteiger partial charge in [-0.2, -0.15) is 4.98 Å². The number of fused-ring (bicyclic) bond motifs is 1. The zero-order valence-corrected chi connectivity index (χ0v) is 12.7. The van der Waals surface area contributed by atoms with Crippen LogP contribution in [-0.4, -0.2) is 19.7 Å². The molecule has 0 bridgehead atoms. The van der Waals surface area contributed by atoms with Gasteiger partial charge in [0.2, 0.25) is 5.89 Å². The molecule has 104 valence electrons. The molecule has 0 atom stereocenters. The molecule has 0 radical (unpaired) electrons. The van der Waals surface area contributed by atoms with Crippen molar-refractivity contribution in [1.29, 1.82) is 0 Å². The number of benzene rings is 1. The summed E-state index contributed by atoms with van der Waals surface area (Å²) in [6, 6.07) is 3.47. The second-order valence-corrected chi connectivity index (χ2v) is 5.31. The molecule has 0 aliphatic heterocycles. The average Bonchev–Trinajstić information content (AvgIpc) is 2.96. The van der Waals surface area contributed by atoms with Crippen molar-refractivity contribution in [3.8, 4) is 0 Å². The van der Waals surface area contributed by atoms with Gasteiger partial charge < -0.3 is 9.09 Å². The number of hydrogen-bond acceptors (Lipinski definition) is 4. The maximum atomic E-state index is 6.06. The van der Waals surface area contributed by atoms with E-state index in [-0.39, 0.29) is 5.88 Å². The van der Waals surface area contributed by atoms with E-state index in [0.29, 0.717) is 34.1 Å². The molecule has 0 amide bonds. The number of imidazole rings is 1. The lowest BCUT2D eigenvalue weighted by Crippen LogP contribution is -2.05. The molecule has 0 N–H and O–H groups in total. The van der Waals surface area contributed by atoms with Gasteiger partial charge in [-0.15, -0.1) is 11.6 Å². The number of halogens is 3. The first-order valence-corrected chi connectivity index (χ1v) is 7.07. The Balaban J connectivity index is 2.14. The highest BCUT2D eigenvalue weighted by Crippen LogP contribution is 2.29. The van der Waals surface area contributed by atoms with Crippen molar-refractivity contribution in [2.45, 2.75) is 19.3 Å². The average molecular weight is 332 g/mol. The second-order valence-electron chi connectivity index (χ2n) is 4.23. The number of aryl methyl sites for hydroxylation is 1. The maximum Gasteiger partial charge on any atom is 0.223 e. The SMILES string of the molecule is Cc1nc(Cn2c(CCl)nc3cc(Cl)c(Cl)cc32)no1. The van der Waals surface area contributed by atoms with Gasteiger partial charge in [-0.25, -0.2) is 4.98 Å². The van der Waals surface area contributed by atoms with Crippen LogP contribution in [0, 0.1) is 6.92 Å². The van der Waals surface area contributed by atoms with Crippen LogP contribution in [0.4, 0.5) is 0 Å². The van der Waals surface area contributed by atoms with E-state index < -0.39 is 0 Å². The molecule has 20 heavy (non-hydrogen) atoms. The number of nitrogens with zero attached hydrogens (tertiary/aromatic N) is 4. The molecule has 0 spiro atoms. The van der Waals surface area contributed by atoms with Crippen molar-refractivity contribution in [3.63, 3.8) is 0 Å². The minimum Gasteiger partial charge on any atom is -0.340 e. The van der Waals surface area contributed by atoms with Crippen LogP contribution in [0.2, 0.25) is 10.0 Å². The molecule has 3 aromatic rings. The molecular formula is C12H9Cl3N4O. The van der Waals surface area contributed by atoms with Crippen LogP contribution >= 0.6 is 34.8 Å². The van der Waals surface area contributed by atoms with Crippen LogP contribution in [-0.2, 0) is 12.4 Å². The third kappa shape index (κ3) is 2.37. The van der Waals surface area contributed by atoms with E-state index in [9.17, 15) is 0 Å². The first kappa shape index (κ1) is 13.7. The number of hydrogen-bond donors (Lipinski definition) is 0. The van der Waals surface area contributed by atoms with Crippen molar-refractivity contribution in [2.75, 3.05) is 0 Å². The summed E-state index contributed by atoms with van der Waals surface area (Å²) in [6.45, 7) is 2.15. The highest BCUT2D eigenvalue weighted by molar-refractivity contribution is 6.42. The Labute approximate surface area is 129 Å². The highest BCUT2D eigenvalue weighted by atomic mass is 35.5. The van der Waals surface area contributed by atoms with Gasteiger partial charge >= 0.3 is 0 Å². The summed E-state index contributed by atoms with van der Waals surface area (Å²) in [7, 11) is 0. The largest absolute Gasteiger partial charge is 0.340 e. The van der Waals surface area contributed by atoms with Crippen LogP contribution < -0.4 is 0 Å². The van der Waals surface area contributed by atoms with Crippen molar-refractivity contribution in [1.82, 2.24) is 19.7 Å². The molecular weight excluding hydrogens is 323 g/mol. The maximum absolute atomic E-state index is 6.06. The van der Waals surface area contributed by atoms with E-state index in [2.05, 4.69) is 15.1 Å². The number of rotatable bonds is 3. The van der Waals surface area contributed by atoms with Gasteiger partial charge in [0.25, 0.3) is 0 Å². The van der Waals surface area contributed by atoms with Gasteiger partial charge in [-0.1, -0.05) is 28.4 Å². The lowest BCUT2D eigenvalue weighted by Gasteiger charge is -2.04. The molecule has 0 fully saturated rings. The first-order chi connectivity index (χ1) is 9.58. The monoisotopic (exact) mass is 330 g/mol. The molecule has 0 aliphatic rings. The quantitative estimate of drug-likeness (QED) is 0.685. The lowest BCUT2D eigenvalue weighted by molar-refractivity contribution is 0.386. The van der Waals surface area contributed by atoms with Crippen LogP contribution in [0.1, 0.15) is 17.5 Å². The summed E-state index contributed by atoms with van der Waals surface area (Å²) in [5, 5.41) is 4.80. The Morgan fingerprint density at radius 3 is 2.60 bits per heavy atom. The van der Waals surface area contributed by atoms with E-state index in [0.717, 1.165) is 11.0 Å². The fourth-order valence-corrected chi connectivity index (χ4v) is 2.52. The van der Waals surface area contributed by atoms with E-state index in [4.69, 9.17) is 39.3 Å². The molecule has 3 rings (SSSR count). The van der Waals surface area contributed by atoms with Gasteiger partial charge in [0.05, 0.1) is 33.5 Å². The predicted octanol–water partition coefficient (Wildman–Crippen LogP) is 3.82. The summed E-state index contributed by atoms with van der Waals surface area (Å²) in [5.74, 6) is 2.03.